The molecule has 2 aromatic heterocycles. The first-order chi connectivity index (χ1) is 9.63. The number of amides is 1. The highest BCUT2D eigenvalue weighted by atomic mass is 35.5. The number of anilines is 1. The molecule has 106 valence electrons. The van der Waals surface area contributed by atoms with E-state index in [0.717, 1.165) is 5.56 Å². The number of ether oxygens (including phenoxy) is 1. The van der Waals surface area contributed by atoms with E-state index in [2.05, 4.69) is 10.3 Å². The van der Waals surface area contributed by atoms with E-state index in [1.54, 1.807) is 25.4 Å². The fourth-order valence-electron chi connectivity index (χ4n) is 1.86. The molecule has 2 heterocycles. The third-order valence-electron chi connectivity index (χ3n) is 2.95. The summed E-state index contributed by atoms with van der Waals surface area (Å²) < 4.78 is 6.85. The number of halogens is 1. The van der Waals surface area contributed by atoms with E-state index in [-0.39, 0.29) is 11.1 Å². The van der Waals surface area contributed by atoms with Crippen LogP contribution in [0.1, 0.15) is 16.1 Å². The second-order valence-corrected chi connectivity index (χ2v) is 4.69. The van der Waals surface area contributed by atoms with Gasteiger partial charge in [0.1, 0.15) is 5.69 Å². The minimum atomic E-state index is -0.218. The third-order valence-corrected chi connectivity index (χ3v) is 3.24. The van der Waals surface area contributed by atoms with Crippen LogP contribution in [0.3, 0.4) is 0 Å². The van der Waals surface area contributed by atoms with Gasteiger partial charge in [0, 0.05) is 26.0 Å². The lowest BCUT2D eigenvalue weighted by molar-refractivity contribution is 0.101. The molecule has 0 saturated heterocycles. The molecule has 0 saturated carbocycles. The smallest absolute Gasteiger partial charge is 0.272 e. The van der Waals surface area contributed by atoms with E-state index in [1.165, 1.54) is 0 Å². The summed E-state index contributed by atoms with van der Waals surface area (Å²) in [7, 11) is 1.63. The number of methoxy groups -OCH3 is 1. The van der Waals surface area contributed by atoms with Crippen LogP contribution in [0.4, 0.5) is 5.69 Å². The van der Waals surface area contributed by atoms with Gasteiger partial charge in [0.2, 0.25) is 0 Å². The van der Waals surface area contributed by atoms with Crippen LogP contribution in [0.25, 0.3) is 0 Å². The molecule has 1 N–H and O–H groups in total. The van der Waals surface area contributed by atoms with Crippen LogP contribution in [-0.4, -0.2) is 29.2 Å². The number of nitrogens with one attached hydrogen (secondary N) is 1. The summed E-state index contributed by atoms with van der Waals surface area (Å²) in [5.74, 6) is -0.218. The topological polar surface area (TPSA) is 56.1 Å². The lowest BCUT2D eigenvalue weighted by Crippen LogP contribution is -2.19. The van der Waals surface area contributed by atoms with Crippen molar-refractivity contribution in [2.45, 2.75) is 13.5 Å². The molecule has 6 heteroatoms. The van der Waals surface area contributed by atoms with Gasteiger partial charge < -0.3 is 14.6 Å². The van der Waals surface area contributed by atoms with Crippen molar-refractivity contribution in [2.24, 2.45) is 0 Å². The fraction of sp³-hybridized carbons (Fsp3) is 0.286. The molecule has 0 radical (unpaired) electrons. The quantitative estimate of drug-likeness (QED) is 0.863. The van der Waals surface area contributed by atoms with Crippen LogP contribution in [-0.2, 0) is 11.3 Å². The Kier molecular flexibility index (Phi) is 4.76. The Morgan fingerprint density at radius 1 is 1.50 bits per heavy atom. The van der Waals surface area contributed by atoms with Crippen molar-refractivity contribution in [3.8, 4) is 0 Å². The third kappa shape index (κ3) is 3.18. The average molecular weight is 294 g/mol. The predicted octanol–water partition coefficient (Wildman–Crippen LogP) is 2.74. The first-order valence-electron chi connectivity index (χ1n) is 6.20. The van der Waals surface area contributed by atoms with Crippen LogP contribution in [0, 0.1) is 6.92 Å². The maximum Gasteiger partial charge on any atom is 0.272 e. The Morgan fingerprint density at radius 3 is 3.00 bits per heavy atom. The Hall–Kier alpha value is -1.85. The molecule has 0 atom stereocenters. The highest BCUT2D eigenvalue weighted by Crippen LogP contribution is 2.23. The molecule has 1 amide bonds. The highest BCUT2D eigenvalue weighted by molar-refractivity contribution is 6.32. The second kappa shape index (κ2) is 6.54. The van der Waals surface area contributed by atoms with E-state index < -0.39 is 0 Å². The van der Waals surface area contributed by atoms with Crippen LogP contribution in [0.5, 0.6) is 0 Å². The van der Waals surface area contributed by atoms with Crippen LogP contribution >= 0.6 is 11.6 Å². The van der Waals surface area contributed by atoms with Crippen molar-refractivity contribution in [3.05, 3.63) is 47.0 Å². The zero-order valence-electron chi connectivity index (χ0n) is 11.4. The Balaban J connectivity index is 2.18. The molecular formula is C14H16ClN3O2. The number of hydrogen-bond donors (Lipinski definition) is 1. The lowest BCUT2D eigenvalue weighted by atomic mass is 10.2. The second-order valence-electron chi connectivity index (χ2n) is 4.33. The molecular weight excluding hydrogens is 278 g/mol. The van der Waals surface area contributed by atoms with Gasteiger partial charge in [-0.2, -0.15) is 0 Å². The first kappa shape index (κ1) is 14.6. The van der Waals surface area contributed by atoms with Gasteiger partial charge >= 0.3 is 0 Å². The van der Waals surface area contributed by atoms with Crippen LogP contribution in [0.15, 0.2) is 30.6 Å². The number of pyridine rings is 1. The number of aryl methyl sites for hydroxylation is 1. The largest absolute Gasteiger partial charge is 0.383 e. The first-order valence-corrected chi connectivity index (χ1v) is 6.58. The SMILES string of the molecule is COCCn1cccc1C(=O)Nc1c(C)ccnc1Cl. The number of rotatable bonds is 5. The molecule has 2 aromatic rings. The molecule has 0 unspecified atom stereocenters. The van der Waals surface area contributed by atoms with Gasteiger partial charge in [-0.05, 0) is 30.7 Å². The average Bonchev–Trinajstić information content (AvgIpc) is 2.89. The summed E-state index contributed by atoms with van der Waals surface area (Å²) in [4.78, 5) is 16.3. The molecule has 2 rings (SSSR count). The summed E-state index contributed by atoms with van der Waals surface area (Å²) in [6.45, 7) is 3.03. The minimum Gasteiger partial charge on any atom is -0.383 e. The Morgan fingerprint density at radius 2 is 2.30 bits per heavy atom. The minimum absolute atomic E-state index is 0.218. The Bertz CT molecular complexity index is 590. The van der Waals surface area contributed by atoms with Crippen molar-refractivity contribution in [3.63, 3.8) is 0 Å². The lowest BCUT2D eigenvalue weighted by Gasteiger charge is -2.11. The van der Waals surface area contributed by atoms with Gasteiger partial charge in [0.05, 0.1) is 12.3 Å². The zero-order chi connectivity index (χ0) is 14.5. The van der Waals surface area contributed by atoms with E-state index in [9.17, 15) is 4.79 Å². The van der Waals surface area contributed by atoms with Crippen molar-refractivity contribution in [1.82, 2.24) is 9.55 Å². The van der Waals surface area contributed by atoms with Crippen molar-refractivity contribution in [1.29, 1.82) is 0 Å². The van der Waals surface area contributed by atoms with Crippen molar-refractivity contribution >= 4 is 23.2 Å². The summed E-state index contributed by atoms with van der Waals surface area (Å²) >= 11 is 6.01. The molecule has 5 nitrogen and oxygen atoms in total. The summed E-state index contributed by atoms with van der Waals surface area (Å²) in [5.41, 5.74) is 1.97. The van der Waals surface area contributed by atoms with Gasteiger partial charge in [-0.3, -0.25) is 4.79 Å². The number of nitrogens with zero attached hydrogens (tertiary/aromatic N) is 2. The van der Waals surface area contributed by atoms with Crippen LogP contribution < -0.4 is 5.32 Å². The number of hydrogen-bond acceptors (Lipinski definition) is 3. The van der Waals surface area contributed by atoms with E-state index in [1.807, 2.05) is 23.8 Å². The number of aromatic nitrogens is 2. The number of carbonyl (C=O) groups excluding carboxylic acids is 1. The molecule has 0 fully saturated rings. The fourth-order valence-corrected chi connectivity index (χ4v) is 2.11. The van der Waals surface area contributed by atoms with Crippen LogP contribution in [0.2, 0.25) is 5.15 Å². The van der Waals surface area contributed by atoms with Gasteiger partial charge in [0.25, 0.3) is 5.91 Å². The zero-order valence-corrected chi connectivity index (χ0v) is 12.1. The predicted molar refractivity (Wildman–Crippen MR) is 78.2 cm³/mol. The highest BCUT2D eigenvalue weighted by Gasteiger charge is 2.14. The summed E-state index contributed by atoms with van der Waals surface area (Å²) in [6, 6.07) is 5.37. The van der Waals surface area contributed by atoms with Crippen molar-refractivity contribution < 1.29 is 9.53 Å². The molecule has 0 bridgehead atoms. The van der Waals surface area contributed by atoms with Gasteiger partial charge in [-0.15, -0.1) is 0 Å². The molecule has 20 heavy (non-hydrogen) atoms. The van der Waals surface area contributed by atoms with Crippen molar-refractivity contribution in [2.75, 3.05) is 19.0 Å². The standard InChI is InChI=1S/C14H16ClN3O2/c1-10-5-6-16-13(15)12(10)17-14(19)11-4-3-7-18(11)8-9-20-2/h3-7H,8-9H2,1-2H3,(H,17,19). The van der Waals surface area contributed by atoms with E-state index in [0.29, 0.717) is 24.5 Å². The number of carbonyl (C=O) groups is 1. The molecule has 0 aliphatic heterocycles. The summed E-state index contributed by atoms with van der Waals surface area (Å²) in [6.07, 6.45) is 3.44. The maximum absolute atomic E-state index is 12.3. The normalized spacial score (nSPS) is 10.6. The molecule has 0 aliphatic rings. The van der Waals surface area contributed by atoms with Gasteiger partial charge in [-0.25, -0.2) is 4.98 Å². The maximum atomic E-state index is 12.3. The summed E-state index contributed by atoms with van der Waals surface area (Å²) in [5, 5.41) is 3.09. The van der Waals surface area contributed by atoms with E-state index >= 15 is 0 Å². The molecule has 0 spiro atoms. The molecule has 0 aliphatic carbocycles. The molecule has 0 aromatic carbocycles. The van der Waals surface area contributed by atoms with Gasteiger partial charge in [0.15, 0.2) is 5.15 Å². The van der Waals surface area contributed by atoms with Gasteiger partial charge in [-0.1, -0.05) is 11.6 Å². The Labute approximate surface area is 122 Å². The van der Waals surface area contributed by atoms with E-state index in [4.69, 9.17) is 16.3 Å². The monoisotopic (exact) mass is 293 g/mol.